The predicted molar refractivity (Wildman–Crippen MR) is 131 cm³/mol. The maximum atomic E-state index is 9.57. The summed E-state index contributed by atoms with van der Waals surface area (Å²) >= 11 is 0. The van der Waals surface area contributed by atoms with Crippen LogP contribution in [0.4, 0.5) is 5.82 Å². The van der Waals surface area contributed by atoms with Crippen molar-refractivity contribution in [3.63, 3.8) is 0 Å². The van der Waals surface area contributed by atoms with Crippen molar-refractivity contribution in [1.29, 1.82) is 5.41 Å². The number of rotatable bonds is 9. The Morgan fingerprint density at radius 2 is 2.03 bits per heavy atom. The molecule has 2 aromatic heterocycles. The van der Waals surface area contributed by atoms with Crippen LogP contribution >= 0.6 is 0 Å². The van der Waals surface area contributed by atoms with E-state index in [9.17, 15) is 10.2 Å². The molecule has 0 radical (unpaired) electrons. The third-order valence-corrected chi connectivity index (χ3v) is 6.48. The van der Waals surface area contributed by atoms with Crippen molar-refractivity contribution < 1.29 is 14.7 Å². The van der Waals surface area contributed by atoms with Crippen LogP contribution in [0.5, 0.6) is 0 Å². The van der Waals surface area contributed by atoms with E-state index in [-0.39, 0.29) is 19.3 Å². The first-order valence-electron chi connectivity index (χ1n) is 11.8. The van der Waals surface area contributed by atoms with Crippen LogP contribution in [-0.2, 0) is 12.8 Å². The lowest BCUT2D eigenvalue weighted by Crippen LogP contribution is -2.42. The Morgan fingerprint density at radius 1 is 1.24 bits per heavy atom. The normalized spacial score (nSPS) is 14.1. The molecule has 0 saturated heterocycles. The standard InChI is InChI=1S/C25H32N6O3/c1-3-8-27-23-18(12-26)11-19(13-28-23)25-29-24(30-34-25)22-5-4-17-6-9-31(20(14-32)15-33)10-7-21(17)16(22)2/h4-5,11-13,20,26,32-33H,3,6-10,14-15H2,1-2H3,(H,27,28). The molecule has 3 heterocycles. The zero-order valence-electron chi connectivity index (χ0n) is 19.7. The van der Waals surface area contributed by atoms with Crippen molar-refractivity contribution >= 4 is 12.0 Å². The zero-order valence-corrected chi connectivity index (χ0v) is 19.7. The number of hydrogen-bond acceptors (Lipinski definition) is 9. The third-order valence-electron chi connectivity index (χ3n) is 6.48. The van der Waals surface area contributed by atoms with E-state index in [1.807, 2.05) is 12.1 Å². The van der Waals surface area contributed by atoms with E-state index >= 15 is 0 Å². The minimum Gasteiger partial charge on any atom is -0.395 e. The molecule has 1 aromatic carbocycles. The molecule has 0 spiro atoms. The summed E-state index contributed by atoms with van der Waals surface area (Å²) in [5, 5.41) is 34.3. The van der Waals surface area contributed by atoms with Gasteiger partial charge in [0.15, 0.2) is 0 Å². The average molecular weight is 465 g/mol. The molecule has 180 valence electrons. The van der Waals surface area contributed by atoms with Gasteiger partial charge in [-0.1, -0.05) is 24.2 Å². The molecule has 0 unspecified atom stereocenters. The summed E-state index contributed by atoms with van der Waals surface area (Å²) < 4.78 is 5.57. The second kappa shape index (κ2) is 10.9. The molecule has 9 nitrogen and oxygen atoms in total. The van der Waals surface area contributed by atoms with Gasteiger partial charge >= 0.3 is 0 Å². The number of hydrogen-bond donors (Lipinski definition) is 4. The molecule has 0 fully saturated rings. The largest absolute Gasteiger partial charge is 0.395 e. The van der Waals surface area contributed by atoms with E-state index in [0.29, 0.717) is 28.7 Å². The maximum absolute atomic E-state index is 9.57. The molecule has 34 heavy (non-hydrogen) atoms. The van der Waals surface area contributed by atoms with Crippen LogP contribution in [-0.4, -0.2) is 75.3 Å². The molecule has 3 aromatic rings. The number of aliphatic hydroxyl groups excluding tert-OH is 2. The van der Waals surface area contributed by atoms with Crippen molar-refractivity contribution in [1.82, 2.24) is 20.0 Å². The van der Waals surface area contributed by atoms with Crippen LogP contribution < -0.4 is 5.32 Å². The Morgan fingerprint density at radius 3 is 2.76 bits per heavy atom. The maximum Gasteiger partial charge on any atom is 0.259 e. The monoisotopic (exact) mass is 464 g/mol. The summed E-state index contributed by atoms with van der Waals surface area (Å²) in [6, 6.07) is 5.75. The molecule has 1 aliphatic rings. The van der Waals surface area contributed by atoms with E-state index < -0.39 is 0 Å². The van der Waals surface area contributed by atoms with Crippen molar-refractivity contribution in [3.05, 3.63) is 46.6 Å². The highest BCUT2D eigenvalue weighted by Crippen LogP contribution is 2.30. The van der Waals surface area contributed by atoms with Crippen LogP contribution in [0.3, 0.4) is 0 Å². The lowest BCUT2D eigenvalue weighted by Gasteiger charge is -2.27. The Hall–Kier alpha value is -3.14. The fourth-order valence-electron chi connectivity index (χ4n) is 4.47. The number of nitrogens with zero attached hydrogens (tertiary/aromatic N) is 4. The summed E-state index contributed by atoms with van der Waals surface area (Å²) in [7, 11) is 0. The van der Waals surface area contributed by atoms with Crippen molar-refractivity contribution in [2.75, 3.05) is 38.2 Å². The van der Waals surface area contributed by atoms with E-state index in [4.69, 9.17) is 9.93 Å². The number of aromatic nitrogens is 3. The van der Waals surface area contributed by atoms with Gasteiger partial charge in [-0.3, -0.25) is 4.90 Å². The molecule has 4 rings (SSSR count). The molecule has 4 N–H and O–H groups in total. The van der Waals surface area contributed by atoms with Crippen molar-refractivity contribution in [3.8, 4) is 22.8 Å². The van der Waals surface area contributed by atoms with Crippen LogP contribution in [0, 0.1) is 12.3 Å². The van der Waals surface area contributed by atoms with E-state index in [1.54, 1.807) is 6.20 Å². The first-order chi connectivity index (χ1) is 16.6. The first-order valence-corrected chi connectivity index (χ1v) is 11.8. The second-order valence-corrected chi connectivity index (χ2v) is 8.59. The number of nitrogens with one attached hydrogen (secondary N) is 2. The van der Waals surface area contributed by atoms with Gasteiger partial charge in [-0.15, -0.1) is 0 Å². The highest BCUT2D eigenvalue weighted by Gasteiger charge is 2.23. The Labute approximate surface area is 199 Å². The van der Waals surface area contributed by atoms with Gasteiger partial charge in [-0.05, 0) is 48.9 Å². The number of pyridine rings is 1. The van der Waals surface area contributed by atoms with E-state index in [1.165, 1.54) is 17.3 Å². The van der Waals surface area contributed by atoms with E-state index in [2.05, 4.69) is 45.3 Å². The predicted octanol–water partition coefficient (Wildman–Crippen LogP) is 2.68. The van der Waals surface area contributed by atoms with E-state index in [0.717, 1.165) is 50.0 Å². The highest BCUT2D eigenvalue weighted by molar-refractivity contribution is 5.86. The Balaban J connectivity index is 1.59. The quantitative estimate of drug-likeness (QED) is 0.356. The van der Waals surface area contributed by atoms with Gasteiger partial charge in [0.05, 0.1) is 24.8 Å². The highest BCUT2D eigenvalue weighted by atomic mass is 16.5. The molecule has 0 amide bonds. The minimum absolute atomic E-state index is 0.0487. The topological polar surface area (TPSA) is 131 Å². The van der Waals surface area contributed by atoms with Gasteiger partial charge in [0.2, 0.25) is 5.82 Å². The molecule has 0 aliphatic carbocycles. The Kier molecular flexibility index (Phi) is 7.66. The molecule has 0 saturated carbocycles. The molecule has 1 aliphatic heterocycles. The smallest absolute Gasteiger partial charge is 0.259 e. The van der Waals surface area contributed by atoms with Crippen LogP contribution in [0.2, 0.25) is 0 Å². The SMILES string of the molecule is CCCNc1ncc(-c2nc(-c3ccc4c(c3C)CCN(C(CO)CO)CC4)no2)cc1C=N. The third kappa shape index (κ3) is 4.86. The summed E-state index contributed by atoms with van der Waals surface area (Å²) in [5.74, 6) is 1.55. The first kappa shape index (κ1) is 24.0. The number of fused-ring (bicyclic) bond motifs is 1. The fourth-order valence-corrected chi connectivity index (χ4v) is 4.47. The van der Waals surface area contributed by atoms with Crippen LogP contribution in [0.1, 0.15) is 35.6 Å². The zero-order chi connectivity index (χ0) is 24.1. The van der Waals surface area contributed by atoms with Gasteiger partial charge in [0.1, 0.15) is 5.82 Å². The van der Waals surface area contributed by atoms with Crippen molar-refractivity contribution in [2.24, 2.45) is 0 Å². The number of aliphatic hydroxyl groups is 2. The second-order valence-electron chi connectivity index (χ2n) is 8.59. The van der Waals surface area contributed by atoms with Gasteiger partial charge in [0.25, 0.3) is 5.89 Å². The minimum atomic E-state index is -0.225. The number of benzene rings is 1. The average Bonchev–Trinajstić information content (AvgIpc) is 3.25. The molecule has 0 atom stereocenters. The van der Waals surface area contributed by atoms with Crippen LogP contribution in [0.25, 0.3) is 22.8 Å². The van der Waals surface area contributed by atoms with Gasteiger partial charge < -0.3 is 25.5 Å². The van der Waals surface area contributed by atoms with Crippen LogP contribution in [0.15, 0.2) is 28.9 Å². The summed E-state index contributed by atoms with van der Waals surface area (Å²) in [6.07, 6.45) is 5.61. The molecule has 0 bridgehead atoms. The summed E-state index contributed by atoms with van der Waals surface area (Å²) in [4.78, 5) is 11.2. The number of anilines is 1. The summed E-state index contributed by atoms with van der Waals surface area (Å²) in [5.41, 5.74) is 5.91. The molecular weight excluding hydrogens is 432 g/mol. The van der Waals surface area contributed by atoms with Crippen molar-refractivity contribution in [2.45, 2.75) is 39.2 Å². The summed E-state index contributed by atoms with van der Waals surface area (Å²) in [6.45, 7) is 6.42. The lowest BCUT2D eigenvalue weighted by atomic mass is 9.93. The van der Waals surface area contributed by atoms with Gasteiger partial charge in [-0.2, -0.15) is 4.98 Å². The molecular formula is C25H32N6O3. The Bertz CT molecular complexity index is 1140. The van der Waals surface area contributed by atoms with Gasteiger partial charge in [-0.25, -0.2) is 4.98 Å². The lowest BCUT2D eigenvalue weighted by molar-refractivity contribution is 0.0769. The molecule has 9 heteroatoms. The fraction of sp³-hybridized carbons (Fsp3) is 0.440. The van der Waals surface area contributed by atoms with Gasteiger partial charge in [0, 0.05) is 43.2 Å².